The zero-order valence-corrected chi connectivity index (χ0v) is 11.4. The minimum absolute atomic E-state index is 0.111. The number of rotatable bonds is 2. The van der Waals surface area contributed by atoms with Gasteiger partial charge in [0.2, 0.25) is 0 Å². The molecule has 2 heteroatoms. The summed E-state index contributed by atoms with van der Waals surface area (Å²) in [7, 11) is 0. The summed E-state index contributed by atoms with van der Waals surface area (Å²) in [5, 5.41) is 3.55. The molecule has 17 heavy (non-hydrogen) atoms. The molecule has 0 aliphatic carbocycles. The summed E-state index contributed by atoms with van der Waals surface area (Å²) in [6.45, 7) is 10.2. The van der Waals surface area contributed by atoms with Gasteiger partial charge in [0.25, 0.3) is 0 Å². The lowest BCUT2D eigenvalue weighted by Gasteiger charge is -2.35. The number of nitrogens with two attached hydrogens (primary N) is 1. The van der Waals surface area contributed by atoms with E-state index in [4.69, 9.17) is 5.73 Å². The molecule has 1 aromatic carbocycles. The number of aryl methyl sites for hydroxylation is 1. The number of benzene rings is 1. The van der Waals surface area contributed by atoms with Gasteiger partial charge in [-0.1, -0.05) is 33.8 Å². The first kappa shape index (κ1) is 12.3. The number of nitrogens with one attached hydrogen (secondary N) is 1. The molecule has 3 N–H and O–H groups in total. The lowest BCUT2D eigenvalue weighted by molar-refractivity contribution is 0.374. The molecule has 2 rings (SSSR count). The van der Waals surface area contributed by atoms with E-state index in [0.29, 0.717) is 5.92 Å². The Balaban J connectivity index is 2.59. The van der Waals surface area contributed by atoms with E-state index in [2.05, 4.69) is 45.1 Å². The Hall–Kier alpha value is -1.18. The first-order valence-electron chi connectivity index (χ1n) is 6.60. The van der Waals surface area contributed by atoms with Crippen molar-refractivity contribution in [2.75, 3.05) is 17.6 Å². The summed E-state index contributed by atoms with van der Waals surface area (Å²) >= 11 is 0. The van der Waals surface area contributed by atoms with Crippen LogP contribution in [0.25, 0.3) is 0 Å². The van der Waals surface area contributed by atoms with Gasteiger partial charge in [0.15, 0.2) is 0 Å². The normalized spacial score (nSPS) is 15.6. The largest absolute Gasteiger partial charge is 0.398 e. The van der Waals surface area contributed by atoms with Gasteiger partial charge in [0, 0.05) is 23.5 Å². The average Bonchev–Trinajstić information content (AvgIpc) is 2.28. The maximum Gasteiger partial charge on any atom is 0.0431 e. The van der Waals surface area contributed by atoms with Crippen LogP contribution in [0.5, 0.6) is 0 Å². The van der Waals surface area contributed by atoms with E-state index < -0.39 is 0 Å². The molecular formula is C15H24N2. The topological polar surface area (TPSA) is 38.0 Å². The molecule has 0 saturated carbocycles. The summed E-state index contributed by atoms with van der Waals surface area (Å²) < 4.78 is 0. The van der Waals surface area contributed by atoms with Crippen LogP contribution < -0.4 is 11.1 Å². The molecule has 0 spiro atoms. The number of hydrogen-bond acceptors (Lipinski definition) is 2. The Morgan fingerprint density at radius 2 is 2.00 bits per heavy atom. The second kappa shape index (κ2) is 4.25. The van der Waals surface area contributed by atoms with Crippen molar-refractivity contribution >= 4 is 11.4 Å². The van der Waals surface area contributed by atoms with Gasteiger partial charge in [0.1, 0.15) is 0 Å². The predicted octanol–water partition coefficient (Wildman–Crippen LogP) is 3.56. The Kier molecular flexibility index (Phi) is 3.07. The van der Waals surface area contributed by atoms with Crippen LogP contribution >= 0.6 is 0 Å². The molecule has 0 fully saturated rings. The lowest BCUT2D eigenvalue weighted by Crippen LogP contribution is -2.29. The maximum atomic E-state index is 6.23. The van der Waals surface area contributed by atoms with Gasteiger partial charge in [-0.25, -0.2) is 0 Å². The second-order valence-corrected chi connectivity index (χ2v) is 5.97. The fourth-order valence-electron chi connectivity index (χ4n) is 2.55. The number of nitrogen functional groups attached to an aromatic ring is 1. The molecule has 2 nitrogen and oxygen atoms in total. The Morgan fingerprint density at radius 1 is 1.29 bits per heavy atom. The van der Waals surface area contributed by atoms with Crippen LogP contribution in [0.4, 0.5) is 11.4 Å². The number of hydrogen-bond donors (Lipinski definition) is 2. The highest BCUT2D eigenvalue weighted by Gasteiger charge is 2.31. The van der Waals surface area contributed by atoms with Crippen LogP contribution in [0.1, 0.15) is 45.2 Å². The van der Waals surface area contributed by atoms with Crippen molar-refractivity contribution < 1.29 is 0 Å². The zero-order valence-electron chi connectivity index (χ0n) is 11.4. The fourth-order valence-corrected chi connectivity index (χ4v) is 2.55. The standard InChI is InChI=1S/C15H24N2/c1-10(2)15(3,4)13-12(16)8-7-11-6-5-9-17-14(11)13/h7-8,10,17H,5-6,9,16H2,1-4H3. The third kappa shape index (κ3) is 2.01. The van der Waals surface area contributed by atoms with Gasteiger partial charge >= 0.3 is 0 Å². The monoisotopic (exact) mass is 232 g/mol. The summed E-state index contributed by atoms with van der Waals surface area (Å²) in [6.07, 6.45) is 2.39. The van der Waals surface area contributed by atoms with E-state index in [1.165, 1.54) is 29.7 Å². The molecule has 0 aromatic heterocycles. The van der Waals surface area contributed by atoms with Crippen LogP contribution in [0.2, 0.25) is 0 Å². The molecule has 0 amide bonds. The zero-order chi connectivity index (χ0) is 12.6. The first-order chi connectivity index (χ1) is 7.94. The van der Waals surface area contributed by atoms with Gasteiger partial charge in [-0.3, -0.25) is 0 Å². The van der Waals surface area contributed by atoms with E-state index in [-0.39, 0.29) is 5.41 Å². The van der Waals surface area contributed by atoms with Crippen molar-refractivity contribution in [2.45, 2.75) is 46.0 Å². The van der Waals surface area contributed by atoms with E-state index in [9.17, 15) is 0 Å². The molecule has 0 radical (unpaired) electrons. The van der Waals surface area contributed by atoms with Crippen molar-refractivity contribution in [3.8, 4) is 0 Å². The minimum Gasteiger partial charge on any atom is -0.398 e. The molecule has 1 aliphatic heterocycles. The summed E-state index contributed by atoms with van der Waals surface area (Å²) in [5.41, 5.74) is 11.3. The molecule has 1 aromatic rings. The van der Waals surface area contributed by atoms with E-state index in [1.54, 1.807) is 0 Å². The quantitative estimate of drug-likeness (QED) is 0.765. The Bertz CT molecular complexity index is 419. The van der Waals surface area contributed by atoms with Gasteiger partial charge < -0.3 is 11.1 Å². The third-order valence-electron chi connectivity index (χ3n) is 4.34. The second-order valence-electron chi connectivity index (χ2n) is 5.97. The summed E-state index contributed by atoms with van der Waals surface area (Å²) in [4.78, 5) is 0. The number of anilines is 2. The lowest BCUT2D eigenvalue weighted by atomic mass is 9.72. The average molecular weight is 232 g/mol. The van der Waals surface area contributed by atoms with Gasteiger partial charge in [0.05, 0.1) is 0 Å². The molecule has 0 bridgehead atoms. The molecule has 0 saturated heterocycles. The van der Waals surface area contributed by atoms with E-state index >= 15 is 0 Å². The van der Waals surface area contributed by atoms with Crippen molar-refractivity contribution in [2.24, 2.45) is 5.92 Å². The van der Waals surface area contributed by atoms with Crippen LogP contribution in [0, 0.1) is 5.92 Å². The summed E-state index contributed by atoms with van der Waals surface area (Å²) in [5.74, 6) is 0.569. The van der Waals surface area contributed by atoms with Crippen molar-refractivity contribution in [1.82, 2.24) is 0 Å². The fraction of sp³-hybridized carbons (Fsp3) is 0.600. The highest BCUT2D eigenvalue weighted by Crippen LogP contribution is 2.42. The first-order valence-corrected chi connectivity index (χ1v) is 6.60. The van der Waals surface area contributed by atoms with Crippen molar-refractivity contribution in [1.29, 1.82) is 0 Å². The van der Waals surface area contributed by atoms with Gasteiger partial charge in [-0.05, 0) is 35.8 Å². The van der Waals surface area contributed by atoms with Crippen molar-refractivity contribution in [3.05, 3.63) is 23.3 Å². The molecule has 0 atom stereocenters. The van der Waals surface area contributed by atoms with Crippen LogP contribution in [-0.2, 0) is 11.8 Å². The van der Waals surface area contributed by atoms with E-state index in [0.717, 1.165) is 12.2 Å². The molecule has 0 unspecified atom stereocenters. The Morgan fingerprint density at radius 3 is 2.65 bits per heavy atom. The molecular weight excluding hydrogens is 208 g/mol. The van der Waals surface area contributed by atoms with Crippen LogP contribution in [0.3, 0.4) is 0 Å². The van der Waals surface area contributed by atoms with Gasteiger partial charge in [-0.2, -0.15) is 0 Å². The summed E-state index contributed by atoms with van der Waals surface area (Å²) in [6, 6.07) is 4.25. The maximum absolute atomic E-state index is 6.23. The molecule has 94 valence electrons. The van der Waals surface area contributed by atoms with Gasteiger partial charge in [-0.15, -0.1) is 0 Å². The predicted molar refractivity (Wildman–Crippen MR) is 75.5 cm³/mol. The SMILES string of the molecule is CC(C)C(C)(C)c1c(N)ccc2c1NCCC2. The smallest absolute Gasteiger partial charge is 0.0431 e. The highest BCUT2D eigenvalue weighted by molar-refractivity contribution is 5.71. The number of fused-ring (bicyclic) bond motifs is 1. The minimum atomic E-state index is 0.111. The van der Waals surface area contributed by atoms with Crippen LogP contribution in [0.15, 0.2) is 12.1 Å². The van der Waals surface area contributed by atoms with Crippen LogP contribution in [-0.4, -0.2) is 6.54 Å². The van der Waals surface area contributed by atoms with E-state index in [1.807, 2.05) is 0 Å². The van der Waals surface area contributed by atoms with Crippen molar-refractivity contribution in [3.63, 3.8) is 0 Å². The third-order valence-corrected chi connectivity index (χ3v) is 4.34. The molecule has 1 aliphatic rings. The highest BCUT2D eigenvalue weighted by atomic mass is 14.9. The molecule has 1 heterocycles. The Labute approximate surface area is 105 Å².